The fourth-order valence-corrected chi connectivity index (χ4v) is 4.33. The standard InChI is InChI=1S/C19H30N2O4S/c22-26(23)20-9-8-16-4-1-2-5-17(16)15-25-19-7-3-6-18(14-19)21-10-12-24-13-11-21/h3,6-7,14,16-17,26H,1-2,4-5,8-13,15H2,(H,20,22,23). The van der Waals surface area contributed by atoms with Gasteiger partial charge in [0.05, 0.1) is 19.8 Å². The van der Waals surface area contributed by atoms with Gasteiger partial charge >= 0.3 is 0 Å². The van der Waals surface area contributed by atoms with Crippen molar-refractivity contribution in [1.82, 2.24) is 4.72 Å². The van der Waals surface area contributed by atoms with Crippen molar-refractivity contribution in [3.8, 4) is 5.75 Å². The van der Waals surface area contributed by atoms with Crippen LogP contribution in [0.1, 0.15) is 32.1 Å². The average Bonchev–Trinajstić information content (AvgIpc) is 2.68. The molecule has 3 rings (SSSR count). The van der Waals surface area contributed by atoms with Crippen LogP contribution in [0.4, 0.5) is 5.69 Å². The SMILES string of the molecule is O=[SH](=O)NCCC1CCCCC1COc1cccc(N2CCOCC2)c1. The first-order valence-electron chi connectivity index (χ1n) is 9.66. The van der Waals surface area contributed by atoms with Crippen LogP contribution in [0.5, 0.6) is 5.75 Å². The topological polar surface area (TPSA) is 67.9 Å². The molecule has 2 fully saturated rings. The zero-order valence-electron chi connectivity index (χ0n) is 15.3. The first-order valence-corrected chi connectivity index (χ1v) is 10.8. The number of thiol groups is 1. The summed E-state index contributed by atoms with van der Waals surface area (Å²) in [7, 11) is -2.49. The lowest BCUT2D eigenvalue weighted by molar-refractivity contribution is 0.122. The Morgan fingerprint density at radius 3 is 2.69 bits per heavy atom. The molecule has 0 bridgehead atoms. The molecular formula is C19H30N2O4S. The van der Waals surface area contributed by atoms with E-state index in [0.717, 1.165) is 44.9 Å². The minimum atomic E-state index is -2.49. The molecule has 1 aromatic carbocycles. The largest absolute Gasteiger partial charge is 0.493 e. The van der Waals surface area contributed by atoms with Gasteiger partial charge in [0.2, 0.25) is 10.9 Å². The molecule has 0 amide bonds. The van der Waals surface area contributed by atoms with Crippen LogP contribution in [-0.2, 0) is 15.6 Å². The molecule has 0 aromatic heterocycles. The van der Waals surface area contributed by atoms with Gasteiger partial charge in [-0.25, -0.2) is 13.1 Å². The first-order chi connectivity index (χ1) is 12.7. The number of benzene rings is 1. The molecule has 1 saturated heterocycles. The average molecular weight is 383 g/mol. The summed E-state index contributed by atoms with van der Waals surface area (Å²) >= 11 is 0. The summed E-state index contributed by atoms with van der Waals surface area (Å²) in [5, 5.41) is 0. The quantitative estimate of drug-likeness (QED) is 0.675. The summed E-state index contributed by atoms with van der Waals surface area (Å²) in [5.41, 5.74) is 1.19. The maximum absolute atomic E-state index is 10.7. The molecule has 1 N–H and O–H groups in total. The van der Waals surface area contributed by atoms with Gasteiger partial charge in [-0.3, -0.25) is 0 Å². The van der Waals surface area contributed by atoms with Gasteiger partial charge in [-0.05, 0) is 36.8 Å². The number of nitrogens with zero attached hydrogens (tertiary/aromatic N) is 1. The van der Waals surface area contributed by atoms with Gasteiger partial charge in [-0.1, -0.05) is 25.3 Å². The van der Waals surface area contributed by atoms with Gasteiger partial charge in [0.1, 0.15) is 5.75 Å². The van der Waals surface area contributed by atoms with Crippen LogP contribution in [0, 0.1) is 11.8 Å². The Balaban J connectivity index is 1.53. The Hall–Kier alpha value is -1.31. The number of ether oxygens (including phenoxy) is 2. The van der Waals surface area contributed by atoms with Crippen LogP contribution in [0.25, 0.3) is 0 Å². The molecule has 1 heterocycles. The Bertz CT molecular complexity index is 624. The number of hydrogen-bond donors (Lipinski definition) is 2. The minimum Gasteiger partial charge on any atom is -0.493 e. The number of anilines is 1. The lowest BCUT2D eigenvalue weighted by Crippen LogP contribution is -2.36. The summed E-state index contributed by atoms with van der Waals surface area (Å²) in [4.78, 5) is 2.33. The molecule has 1 aliphatic carbocycles. The maximum Gasteiger partial charge on any atom is 0.201 e. The maximum atomic E-state index is 10.7. The molecule has 0 spiro atoms. The Kier molecular flexibility index (Phi) is 7.58. The molecule has 2 aliphatic rings. The molecule has 1 saturated carbocycles. The monoisotopic (exact) mass is 382 g/mol. The second kappa shape index (κ2) is 10.1. The Labute approximate surface area is 157 Å². The van der Waals surface area contributed by atoms with Crippen molar-refractivity contribution >= 4 is 16.6 Å². The molecule has 2 unspecified atom stereocenters. The number of morpholine rings is 1. The second-order valence-electron chi connectivity index (χ2n) is 7.17. The van der Waals surface area contributed by atoms with Gasteiger partial charge in [-0.15, -0.1) is 0 Å². The van der Waals surface area contributed by atoms with E-state index in [4.69, 9.17) is 9.47 Å². The third-order valence-electron chi connectivity index (χ3n) is 5.48. The molecule has 26 heavy (non-hydrogen) atoms. The van der Waals surface area contributed by atoms with E-state index in [0.29, 0.717) is 25.0 Å². The van der Waals surface area contributed by atoms with Crippen LogP contribution in [-0.4, -0.2) is 47.9 Å². The molecule has 6 nitrogen and oxygen atoms in total. The number of nitrogens with one attached hydrogen (secondary N) is 1. The van der Waals surface area contributed by atoms with Crippen LogP contribution in [0.15, 0.2) is 24.3 Å². The predicted molar refractivity (Wildman–Crippen MR) is 103 cm³/mol. The highest BCUT2D eigenvalue weighted by molar-refractivity contribution is 7.70. The molecule has 146 valence electrons. The fourth-order valence-electron chi connectivity index (χ4n) is 4.02. The molecule has 1 aliphatic heterocycles. The van der Waals surface area contributed by atoms with E-state index in [2.05, 4.69) is 21.8 Å². The van der Waals surface area contributed by atoms with Gasteiger partial charge in [0.15, 0.2) is 0 Å². The lowest BCUT2D eigenvalue weighted by atomic mass is 9.78. The van der Waals surface area contributed by atoms with E-state index in [9.17, 15) is 8.42 Å². The van der Waals surface area contributed by atoms with Crippen LogP contribution >= 0.6 is 0 Å². The smallest absolute Gasteiger partial charge is 0.201 e. The van der Waals surface area contributed by atoms with E-state index in [-0.39, 0.29) is 0 Å². The lowest BCUT2D eigenvalue weighted by Gasteiger charge is -2.32. The van der Waals surface area contributed by atoms with Crippen molar-refractivity contribution in [3.05, 3.63) is 24.3 Å². The number of rotatable bonds is 8. The molecule has 7 heteroatoms. The van der Waals surface area contributed by atoms with E-state index in [1.165, 1.54) is 24.9 Å². The van der Waals surface area contributed by atoms with E-state index in [1.807, 2.05) is 12.1 Å². The summed E-state index contributed by atoms with van der Waals surface area (Å²) in [6.45, 7) is 4.63. The number of hydrogen-bond acceptors (Lipinski definition) is 5. The molecule has 2 atom stereocenters. The molecule has 1 aromatic rings. The normalized spacial score (nSPS) is 24.0. The van der Waals surface area contributed by atoms with Crippen LogP contribution in [0.3, 0.4) is 0 Å². The zero-order valence-corrected chi connectivity index (χ0v) is 16.2. The molecular weight excluding hydrogens is 352 g/mol. The summed E-state index contributed by atoms with van der Waals surface area (Å²) < 4.78 is 35.5. The van der Waals surface area contributed by atoms with Gasteiger partial charge in [0.25, 0.3) is 0 Å². The fraction of sp³-hybridized carbons (Fsp3) is 0.684. The highest BCUT2D eigenvalue weighted by atomic mass is 32.2. The third-order valence-corrected chi connectivity index (χ3v) is 5.96. The third kappa shape index (κ3) is 5.86. The minimum absolute atomic E-state index is 0.502. The Morgan fingerprint density at radius 1 is 1.15 bits per heavy atom. The summed E-state index contributed by atoms with van der Waals surface area (Å²) in [6.07, 6.45) is 5.69. The van der Waals surface area contributed by atoms with Crippen molar-refractivity contribution < 1.29 is 17.9 Å². The summed E-state index contributed by atoms with van der Waals surface area (Å²) in [6, 6.07) is 8.31. The van der Waals surface area contributed by atoms with Crippen LogP contribution < -0.4 is 14.4 Å². The molecule has 0 radical (unpaired) electrons. The first kappa shape index (κ1) is 19.5. The van der Waals surface area contributed by atoms with Crippen molar-refractivity contribution in [2.45, 2.75) is 32.1 Å². The van der Waals surface area contributed by atoms with Gasteiger partial charge in [0, 0.05) is 31.4 Å². The van der Waals surface area contributed by atoms with E-state index in [1.54, 1.807) is 0 Å². The second-order valence-corrected chi connectivity index (χ2v) is 8.00. The van der Waals surface area contributed by atoms with Crippen molar-refractivity contribution in [2.75, 3.05) is 44.4 Å². The summed E-state index contributed by atoms with van der Waals surface area (Å²) in [5.74, 6) is 1.95. The van der Waals surface area contributed by atoms with Crippen molar-refractivity contribution in [2.24, 2.45) is 11.8 Å². The van der Waals surface area contributed by atoms with E-state index >= 15 is 0 Å². The van der Waals surface area contributed by atoms with E-state index < -0.39 is 10.9 Å². The highest BCUT2D eigenvalue weighted by Crippen LogP contribution is 2.33. The van der Waals surface area contributed by atoms with Crippen molar-refractivity contribution in [3.63, 3.8) is 0 Å². The Morgan fingerprint density at radius 2 is 1.92 bits per heavy atom. The highest BCUT2D eigenvalue weighted by Gasteiger charge is 2.25. The van der Waals surface area contributed by atoms with Crippen LogP contribution in [0.2, 0.25) is 0 Å². The van der Waals surface area contributed by atoms with Gasteiger partial charge in [-0.2, -0.15) is 0 Å². The predicted octanol–water partition coefficient (Wildman–Crippen LogP) is 2.21. The van der Waals surface area contributed by atoms with Gasteiger partial charge < -0.3 is 14.4 Å². The van der Waals surface area contributed by atoms with Crippen molar-refractivity contribution in [1.29, 1.82) is 0 Å². The zero-order chi connectivity index (χ0) is 18.2.